The van der Waals surface area contributed by atoms with Crippen LogP contribution in [0.2, 0.25) is 10.0 Å². The molecule has 0 fully saturated rings. The second kappa shape index (κ2) is 12.5. The number of carboxylic acid groups (broad SMARTS) is 1. The number of hydrogen-bond donors (Lipinski definition) is 2. The van der Waals surface area contributed by atoms with Crippen LogP contribution in [0, 0.1) is 0 Å². The minimum Gasteiger partial charge on any atom is -0.478 e. The van der Waals surface area contributed by atoms with Gasteiger partial charge in [0.05, 0.1) is 22.0 Å². The Labute approximate surface area is 237 Å². The molecule has 4 rings (SSSR count). The zero-order valence-electron chi connectivity index (χ0n) is 21.1. The number of carboxylic acids is 1. The minimum absolute atomic E-state index is 0.0901. The van der Waals surface area contributed by atoms with Crippen molar-refractivity contribution in [2.45, 2.75) is 26.3 Å². The van der Waals surface area contributed by atoms with E-state index in [0.29, 0.717) is 40.2 Å². The van der Waals surface area contributed by atoms with E-state index in [1.807, 2.05) is 48.0 Å². The first-order chi connectivity index (χ1) is 18.6. The SMILES string of the molecule is CCCCS(=O)(=O)Nc1ccc(C=Cc2nc(-c3ccc(Cl)cc3Cl)cn2Cc2ccc(C(=O)O)cc2)cc1. The van der Waals surface area contributed by atoms with Crippen molar-refractivity contribution in [3.8, 4) is 11.3 Å². The first-order valence-corrected chi connectivity index (χ1v) is 14.7. The standard InChI is InChI=1S/C29H27Cl2N3O4S/c1-2-3-16-39(37,38)33-24-12-6-20(7-13-24)8-15-28-32-27(25-14-11-23(30)17-26(25)31)19-34(28)18-21-4-9-22(10-5-21)29(35)36/h4-15,17,19,33H,2-3,16,18H2,1H3,(H,35,36). The summed E-state index contributed by atoms with van der Waals surface area (Å²) in [6.45, 7) is 2.40. The zero-order valence-corrected chi connectivity index (χ0v) is 23.5. The first-order valence-electron chi connectivity index (χ1n) is 12.3. The first kappa shape index (κ1) is 28.4. The Hall–Kier alpha value is -3.59. The summed E-state index contributed by atoms with van der Waals surface area (Å²) < 4.78 is 28.9. The molecule has 7 nitrogen and oxygen atoms in total. The summed E-state index contributed by atoms with van der Waals surface area (Å²) in [4.78, 5) is 16.0. The Balaban J connectivity index is 1.60. The van der Waals surface area contributed by atoms with Crippen LogP contribution in [-0.4, -0.2) is 34.8 Å². The van der Waals surface area contributed by atoms with Gasteiger partial charge < -0.3 is 9.67 Å². The van der Waals surface area contributed by atoms with Crippen LogP contribution in [0.15, 0.2) is 72.9 Å². The fraction of sp³-hybridized carbons (Fsp3) is 0.172. The van der Waals surface area contributed by atoms with Gasteiger partial charge in [-0.3, -0.25) is 4.72 Å². The minimum atomic E-state index is -3.37. The lowest BCUT2D eigenvalue weighted by Gasteiger charge is -2.08. The summed E-state index contributed by atoms with van der Waals surface area (Å²) in [7, 11) is -3.37. The summed E-state index contributed by atoms with van der Waals surface area (Å²) in [6, 6.07) is 19.0. The predicted octanol–water partition coefficient (Wildman–Crippen LogP) is 7.32. The molecular weight excluding hydrogens is 557 g/mol. The average Bonchev–Trinajstić information content (AvgIpc) is 3.29. The summed E-state index contributed by atoms with van der Waals surface area (Å²) in [6.07, 6.45) is 7.04. The quantitative estimate of drug-likeness (QED) is 0.192. The number of benzene rings is 3. The highest BCUT2D eigenvalue weighted by Crippen LogP contribution is 2.30. The van der Waals surface area contributed by atoms with Gasteiger partial charge in [0.25, 0.3) is 0 Å². The Morgan fingerprint density at radius 3 is 2.38 bits per heavy atom. The number of aromatic nitrogens is 2. The van der Waals surface area contributed by atoms with Crippen LogP contribution in [0.4, 0.5) is 5.69 Å². The second-order valence-corrected chi connectivity index (χ2v) is 11.7. The van der Waals surface area contributed by atoms with E-state index in [9.17, 15) is 18.3 Å². The van der Waals surface area contributed by atoms with Crippen molar-refractivity contribution in [3.05, 3.63) is 105 Å². The summed E-state index contributed by atoms with van der Waals surface area (Å²) >= 11 is 12.5. The van der Waals surface area contributed by atoms with Crippen molar-refractivity contribution in [2.75, 3.05) is 10.5 Å². The molecule has 0 aliphatic carbocycles. The number of unbranched alkanes of at least 4 members (excludes halogenated alkanes) is 1. The van der Waals surface area contributed by atoms with Crippen molar-refractivity contribution in [2.24, 2.45) is 0 Å². The van der Waals surface area contributed by atoms with Gasteiger partial charge in [0.1, 0.15) is 5.82 Å². The number of nitrogens with one attached hydrogen (secondary N) is 1. The van der Waals surface area contributed by atoms with Crippen molar-refractivity contribution >= 4 is 57.0 Å². The number of carbonyl (C=O) groups is 1. The summed E-state index contributed by atoms with van der Waals surface area (Å²) in [5.41, 5.74) is 3.88. The third-order valence-electron chi connectivity index (χ3n) is 5.94. The zero-order chi connectivity index (χ0) is 28.0. The van der Waals surface area contributed by atoms with E-state index < -0.39 is 16.0 Å². The van der Waals surface area contributed by atoms with E-state index in [0.717, 1.165) is 23.1 Å². The number of nitrogens with zero attached hydrogens (tertiary/aromatic N) is 2. The maximum atomic E-state index is 12.2. The Bertz CT molecular complexity index is 1600. The molecule has 0 unspecified atom stereocenters. The topological polar surface area (TPSA) is 101 Å². The van der Waals surface area contributed by atoms with Crippen LogP contribution in [0.1, 0.15) is 47.1 Å². The highest BCUT2D eigenvalue weighted by atomic mass is 35.5. The van der Waals surface area contributed by atoms with Crippen molar-refractivity contribution in [3.63, 3.8) is 0 Å². The molecule has 0 saturated carbocycles. The number of anilines is 1. The Morgan fingerprint density at radius 1 is 1.03 bits per heavy atom. The fourth-order valence-electron chi connectivity index (χ4n) is 3.86. The molecule has 3 aromatic carbocycles. The molecule has 0 spiro atoms. The molecule has 0 bridgehead atoms. The maximum Gasteiger partial charge on any atom is 0.335 e. The molecule has 2 N–H and O–H groups in total. The lowest BCUT2D eigenvalue weighted by atomic mass is 10.1. The van der Waals surface area contributed by atoms with Gasteiger partial charge in [-0.1, -0.05) is 66.9 Å². The summed E-state index contributed by atoms with van der Waals surface area (Å²) in [5.74, 6) is -0.234. The van der Waals surface area contributed by atoms with Crippen LogP contribution in [0.25, 0.3) is 23.4 Å². The molecule has 1 heterocycles. The van der Waals surface area contributed by atoms with Gasteiger partial charge in [0.15, 0.2) is 0 Å². The van der Waals surface area contributed by atoms with E-state index >= 15 is 0 Å². The van der Waals surface area contributed by atoms with Gasteiger partial charge in [-0.15, -0.1) is 0 Å². The third-order valence-corrected chi connectivity index (χ3v) is 7.86. The molecule has 1 aromatic heterocycles. The van der Waals surface area contributed by atoms with E-state index in [1.165, 1.54) is 0 Å². The Kier molecular flexibility index (Phi) is 9.12. The monoisotopic (exact) mass is 583 g/mol. The molecule has 0 aliphatic rings. The number of aromatic carboxylic acids is 1. The van der Waals surface area contributed by atoms with Crippen LogP contribution in [-0.2, 0) is 16.6 Å². The van der Waals surface area contributed by atoms with Crippen molar-refractivity contribution in [1.82, 2.24) is 9.55 Å². The maximum absolute atomic E-state index is 12.2. The van der Waals surface area contributed by atoms with Gasteiger partial charge >= 0.3 is 5.97 Å². The normalized spacial score (nSPS) is 11.7. The molecule has 0 saturated heterocycles. The molecule has 4 aromatic rings. The van der Waals surface area contributed by atoms with Gasteiger partial charge in [-0.2, -0.15) is 0 Å². The fourth-order valence-corrected chi connectivity index (χ4v) is 5.64. The van der Waals surface area contributed by atoms with Crippen molar-refractivity contribution in [1.29, 1.82) is 0 Å². The summed E-state index contributed by atoms with van der Waals surface area (Å²) in [5, 5.41) is 10.2. The predicted molar refractivity (Wildman–Crippen MR) is 158 cm³/mol. The Morgan fingerprint density at radius 2 is 1.74 bits per heavy atom. The number of halogens is 2. The van der Waals surface area contributed by atoms with Crippen LogP contribution < -0.4 is 4.72 Å². The molecule has 0 amide bonds. The van der Waals surface area contributed by atoms with Crippen LogP contribution in [0.3, 0.4) is 0 Å². The lowest BCUT2D eigenvalue weighted by Crippen LogP contribution is -2.16. The second-order valence-electron chi connectivity index (χ2n) is 8.97. The molecule has 10 heteroatoms. The molecule has 39 heavy (non-hydrogen) atoms. The van der Waals surface area contributed by atoms with E-state index in [1.54, 1.807) is 48.5 Å². The number of hydrogen-bond acceptors (Lipinski definition) is 4. The van der Waals surface area contributed by atoms with E-state index in [2.05, 4.69) is 4.72 Å². The van der Waals surface area contributed by atoms with E-state index in [-0.39, 0.29) is 11.3 Å². The van der Waals surface area contributed by atoms with E-state index in [4.69, 9.17) is 28.2 Å². The van der Waals surface area contributed by atoms with Gasteiger partial charge in [0, 0.05) is 29.0 Å². The number of rotatable bonds is 11. The van der Waals surface area contributed by atoms with Gasteiger partial charge in [0.2, 0.25) is 10.0 Å². The van der Waals surface area contributed by atoms with Crippen molar-refractivity contribution < 1.29 is 18.3 Å². The molecular formula is C29H27Cl2N3O4S. The average molecular weight is 585 g/mol. The van der Waals surface area contributed by atoms with Crippen LogP contribution >= 0.6 is 23.2 Å². The third kappa shape index (κ3) is 7.72. The van der Waals surface area contributed by atoms with Gasteiger partial charge in [-0.05, 0) is 66.1 Å². The number of imidazole rings is 1. The number of sulfonamides is 1. The highest BCUT2D eigenvalue weighted by Gasteiger charge is 2.13. The largest absolute Gasteiger partial charge is 0.478 e. The molecule has 0 atom stereocenters. The highest BCUT2D eigenvalue weighted by molar-refractivity contribution is 7.92. The smallest absolute Gasteiger partial charge is 0.335 e. The molecule has 0 radical (unpaired) electrons. The lowest BCUT2D eigenvalue weighted by molar-refractivity contribution is 0.0697. The van der Waals surface area contributed by atoms with Crippen LogP contribution in [0.5, 0.6) is 0 Å². The molecule has 0 aliphatic heterocycles. The molecule has 202 valence electrons. The van der Waals surface area contributed by atoms with Gasteiger partial charge in [-0.25, -0.2) is 18.2 Å².